The van der Waals surface area contributed by atoms with Crippen molar-refractivity contribution in [2.75, 3.05) is 0 Å². The Morgan fingerprint density at radius 1 is 0.361 bits per heavy atom. The summed E-state index contributed by atoms with van der Waals surface area (Å²) in [7, 11) is -0.756. The second kappa shape index (κ2) is 27.6. The molecule has 4 aromatic rings. The molecule has 72 heavy (non-hydrogen) atoms. The van der Waals surface area contributed by atoms with Gasteiger partial charge in [0.2, 0.25) is 0 Å². The van der Waals surface area contributed by atoms with Crippen LogP contribution >= 0.6 is 31.9 Å². The Balaban J connectivity index is 0.000000296. The molecule has 400 valence electrons. The average Bonchev–Trinajstić information content (AvgIpc) is 3.70. The zero-order chi connectivity index (χ0) is 53.0. The van der Waals surface area contributed by atoms with Gasteiger partial charge in [-0.05, 0) is 184 Å². The van der Waals surface area contributed by atoms with Crippen molar-refractivity contribution in [1.82, 2.24) is 0 Å². The van der Waals surface area contributed by atoms with Crippen molar-refractivity contribution >= 4 is 78.6 Å². The summed E-state index contributed by atoms with van der Waals surface area (Å²) < 4.78 is 29.0. The minimum Gasteiger partial charge on any atom is -0.399 e. The Hall–Kier alpha value is -1.67. The summed E-state index contributed by atoms with van der Waals surface area (Å²) in [5.74, 6) is 2.85. The van der Waals surface area contributed by atoms with E-state index in [4.69, 9.17) is 18.6 Å². The van der Waals surface area contributed by atoms with Gasteiger partial charge >= 0.3 is 14.2 Å². The van der Waals surface area contributed by atoms with E-state index in [1.54, 1.807) is 0 Å². The van der Waals surface area contributed by atoms with Crippen molar-refractivity contribution in [3.63, 3.8) is 0 Å². The quantitative estimate of drug-likeness (QED) is 0.0587. The highest BCUT2D eigenvalue weighted by molar-refractivity contribution is 9.10. The summed E-state index contributed by atoms with van der Waals surface area (Å²) in [4.78, 5) is 0. The Morgan fingerprint density at radius 2 is 0.597 bits per heavy atom. The average molecular weight is 1110 g/mol. The first-order chi connectivity index (χ1) is 34.1. The van der Waals surface area contributed by atoms with Crippen LogP contribution in [0, 0.1) is 23.7 Å². The van der Waals surface area contributed by atoms with Crippen LogP contribution in [0.1, 0.15) is 236 Å². The van der Waals surface area contributed by atoms with E-state index in [9.17, 15) is 0 Å². The lowest BCUT2D eigenvalue weighted by molar-refractivity contribution is 0.00578. The zero-order valence-electron chi connectivity index (χ0n) is 48.6. The highest BCUT2D eigenvalue weighted by Gasteiger charge is 2.53. The molecule has 0 bridgehead atoms. The molecule has 2 fully saturated rings. The molecular formula is C64H100B2Br2O4. The van der Waals surface area contributed by atoms with E-state index >= 15 is 0 Å². The van der Waals surface area contributed by atoms with Gasteiger partial charge < -0.3 is 18.6 Å². The molecule has 6 rings (SSSR count). The van der Waals surface area contributed by atoms with Crippen LogP contribution < -0.4 is 10.9 Å². The van der Waals surface area contributed by atoms with Gasteiger partial charge in [0.15, 0.2) is 0 Å². The minimum atomic E-state index is -0.378. The van der Waals surface area contributed by atoms with Crippen LogP contribution in [0.4, 0.5) is 0 Å². The van der Waals surface area contributed by atoms with Gasteiger partial charge in [0.25, 0.3) is 0 Å². The fraction of sp³-hybridized carbons (Fsp3) is 0.688. The first kappa shape index (κ1) is 61.2. The van der Waals surface area contributed by atoms with Crippen LogP contribution in [0.3, 0.4) is 0 Å². The van der Waals surface area contributed by atoms with Crippen molar-refractivity contribution in [3.8, 4) is 0 Å². The van der Waals surface area contributed by atoms with E-state index in [0.717, 1.165) is 35.6 Å². The second-order valence-electron chi connectivity index (χ2n) is 24.3. The summed E-state index contributed by atoms with van der Waals surface area (Å²) in [6.07, 6.45) is 24.9. The van der Waals surface area contributed by atoms with Crippen molar-refractivity contribution in [2.24, 2.45) is 23.7 Å². The third-order valence-electron chi connectivity index (χ3n) is 17.7. The highest BCUT2D eigenvalue weighted by Crippen LogP contribution is 2.40. The SMILES string of the molecule is CCCCC(CC)Cc1cc(B2OC(C)(C)C(C)(C)O2)cc2c(CC(CC)CCCC)cc(B3OC(C)(C)C(C)(C)O3)cc12.CCCCC(CC)Cc1cc(Br)cc2c(CC(CC)CCCC)cc(Br)cc12. The van der Waals surface area contributed by atoms with Gasteiger partial charge in [0.05, 0.1) is 22.4 Å². The number of fused-ring (bicyclic) bond motifs is 2. The summed E-state index contributed by atoms with van der Waals surface area (Å²) in [6.45, 7) is 35.8. The lowest BCUT2D eigenvalue weighted by Gasteiger charge is -2.32. The van der Waals surface area contributed by atoms with Gasteiger partial charge in [-0.15, -0.1) is 0 Å². The molecule has 0 N–H and O–H groups in total. The second-order valence-corrected chi connectivity index (χ2v) is 26.2. The smallest absolute Gasteiger partial charge is 0.399 e. The van der Waals surface area contributed by atoms with Crippen molar-refractivity contribution in [2.45, 2.75) is 262 Å². The van der Waals surface area contributed by atoms with E-state index < -0.39 is 0 Å². The van der Waals surface area contributed by atoms with Crippen molar-refractivity contribution < 1.29 is 18.6 Å². The molecule has 4 aromatic carbocycles. The van der Waals surface area contributed by atoms with E-state index in [2.05, 4.69) is 191 Å². The Labute approximate surface area is 459 Å². The molecule has 2 aliphatic rings. The summed E-state index contributed by atoms with van der Waals surface area (Å²) in [6, 6.07) is 19.0. The van der Waals surface area contributed by atoms with Crippen LogP contribution in [-0.4, -0.2) is 36.6 Å². The first-order valence-electron chi connectivity index (χ1n) is 29.3. The predicted octanol–water partition coefficient (Wildman–Crippen LogP) is 18.8. The molecule has 0 amide bonds. The minimum absolute atomic E-state index is 0.378. The first-order valence-corrected chi connectivity index (χ1v) is 30.9. The molecule has 0 spiro atoms. The Morgan fingerprint density at radius 3 is 0.833 bits per heavy atom. The largest absolute Gasteiger partial charge is 0.494 e. The number of benzene rings is 4. The molecule has 4 unspecified atom stereocenters. The number of rotatable bonds is 26. The zero-order valence-corrected chi connectivity index (χ0v) is 51.8. The Bertz CT molecular complexity index is 2130. The van der Waals surface area contributed by atoms with E-state index in [1.807, 2.05) is 0 Å². The lowest BCUT2D eigenvalue weighted by atomic mass is 9.72. The number of hydrogen-bond donors (Lipinski definition) is 0. The number of hydrogen-bond acceptors (Lipinski definition) is 4. The molecular weight excluding hydrogens is 1010 g/mol. The van der Waals surface area contributed by atoms with Crippen LogP contribution in [-0.2, 0) is 44.3 Å². The topological polar surface area (TPSA) is 36.9 Å². The molecule has 0 saturated carbocycles. The maximum absolute atomic E-state index is 6.63. The molecule has 0 aromatic heterocycles. The van der Waals surface area contributed by atoms with Gasteiger partial charge in [-0.25, -0.2) is 0 Å². The molecule has 0 aliphatic carbocycles. The van der Waals surface area contributed by atoms with Crippen LogP contribution in [0.15, 0.2) is 57.5 Å². The summed E-state index contributed by atoms with van der Waals surface area (Å²) >= 11 is 7.63. The van der Waals surface area contributed by atoms with Gasteiger partial charge in [-0.3, -0.25) is 0 Å². The third-order valence-corrected chi connectivity index (χ3v) is 18.6. The van der Waals surface area contributed by atoms with Crippen LogP contribution in [0.2, 0.25) is 0 Å². The lowest BCUT2D eigenvalue weighted by Crippen LogP contribution is -2.41. The normalized spacial score (nSPS) is 18.6. The molecule has 4 atom stereocenters. The highest BCUT2D eigenvalue weighted by atomic mass is 79.9. The molecule has 2 saturated heterocycles. The molecule has 8 heteroatoms. The molecule has 2 aliphatic heterocycles. The monoisotopic (exact) mass is 1110 g/mol. The number of halogens is 2. The van der Waals surface area contributed by atoms with E-state index in [0.29, 0.717) is 11.8 Å². The molecule has 4 nitrogen and oxygen atoms in total. The standard InChI is InChI=1S/C38H62B2O4.C26H38Br2/c1-13-17-19-27(15-3)21-29-23-31(39-41-35(5,6)36(7,8)42-39)26-34-30(22-28(16-4)20-18-14-2)24-32(25-33(29)34)40-43-37(9,10)38(11,12)44-40;1-5-9-11-19(7-3)13-21-15-23(27)18-26-22(16-24(28)17-25(21)26)14-20(8-4)12-10-6-2/h23-28H,13-22H2,1-12H3;15-20H,5-14H2,1-4H3. The fourth-order valence-electron chi connectivity index (χ4n) is 11.1. The van der Waals surface area contributed by atoms with Crippen LogP contribution in [0.25, 0.3) is 21.5 Å². The third kappa shape index (κ3) is 15.7. The van der Waals surface area contributed by atoms with Gasteiger partial charge in [-0.1, -0.05) is 214 Å². The summed E-state index contributed by atoms with van der Waals surface area (Å²) in [5.41, 5.74) is 6.59. The van der Waals surface area contributed by atoms with Crippen molar-refractivity contribution in [3.05, 3.63) is 79.7 Å². The Kier molecular flexibility index (Phi) is 23.4. The number of unbranched alkanes of at least 4 members (excludes halogenated alkanes) is 4. The maximum Gasteiger partial charge on any atom is 0.494 e. The molecule has 2 heterocycles. The van der Waals surface area contributed by atoms with Gasteiger partial charge in [0, 0.05) is 8.95 Å². The van der Waals surface area contributed by atoms with Gasteiger partial charge in [-0.2, -0.15) is 0 Å². The van der Waals surface area contributed by atoms with Crippen molar-refractivity contribution in [1.29, 1.82) is 0 Å². The van der Waals surface area contributed by atoms with E-state index in [-0.39, 0.29) is 36.6 Å². The van der Waals surface area contributed by atoms with Gasteiger partial charge in [0.1, 0.15) is 0 Å². The maximum atomic E-state index is 6.63. The van der Waals surface area contributed by atoms with E-state index in [1.165, 1.54) is 168 Å². The fourth-order valence-corrected chi connectivity index (χ4v) is 12.1. The molecule has 0 radical (unpaired) electrons. The van der Waals surface area contributed by atoms with Crippen LogP contribution in [0.5, 0.6) is 0 Å². The predicted molar refractivity (Wildman–Crippen MR) is 323 cm³/mol. The summed E-state index contributed by atoms with van der Waals surface area (Å²) in [5, 5.41) is 5.58.